The minimum Gasteiger partial charge on any atom is -1.00 e. The second-order valence-electron chi connectivity index (χ2n) is 2.06. The van der Waals surface area contributed by atoms with Gasteiger partial charge in [0.25, 0.3) is 0 Å². The van der Waals surface area contributed by atoms with Crippen molar-refractivity contribution < 1.29 is 109 Å². The van der Waals surface area contributed by atoms with E-state index in [1.807, 2.05) is 6.92 Å². The average molecular weight is 361 g/mol. The molecule has 124 valence electrons. The first-order chi connectivity index (χ1) is 7.91. The second-order valence-corrected chi connectivity index (χ2v) is 2.06. The molecule has 0 aliphatic heterocycles. The van der Waals surface area contributed by atoms with Crippen molar-refractivity contribution in [3.8, 4) is 0 Å². The third kappa shape index (κ3) is 1600. The molecule has 17 heteroatoms. The van der Waals surface area contributed by atoms with Crippen molar-refractivity contribution in [3.05, 3.63) is 0 Å². The molecule has 0 N–H and O–H groups in total. The van der Waals surface area contributed by atoms with Crippen molar-refractivity contribution in [3.63, 3.8) is 0 Å². The van der Waals surface area contributed by atoms with Crippen molar-refractivity contribution in [2.45, 2.75) is 6.92 Å². The molecule has 0 atom stereocenters. The molecule has 0 fully saturated rings. The smallest absolute Gasteiger partial charge is 1.00 e. The first-order valence-corrected chi connectivity index (χ1v) is 4.02. The zero-order valence-corrected chi connectivity index (χ0v) is 13.5. The number of methoxy groups -OCH3 is 1. The number of hydrogen-bond donors (Lipinski definition) is 0. The van der Waals surface area contributed by atoms with Crippen LogP contribution in [0.2, 0.25) is 0 Å². The predicted molar refractivity (Wildman–Crippen MR) is 49.2 cm³/mol. The third-order valence-corrected chi connectivity index (χ3v) is 0.289. The molecule has 0 aromatic heterocycles. The molecular weight excluding hydrogens is 352 g/mol. The van der Waals surface area contributed by atoms with Gasteiger partial charge in [0.05, 0.1) is 0 Å². The molecular formula is C3H9B3F12KO-3. The summed E-state index contributed by atoms with van der Waals surface area (Å²) in [4.78, 5) is 0. The minimum atomic E-state index is -6.00. The molecule has 0 saturated heterocycles. The van der Waals surface area contributed by atoms with Crippen LogP contribution in [-0.2, 0) is 4.74 Å². The van der Waals surface area contributed by atoms with Crippen LogP contribution in [0.15, 0.2) is 0 Å². The summed E-state index contributed by atoms with van der Waals surface area (Å²) in [6.45, 7) is 2.78. The summed E-state index contributed by atoms with van der Waals surface area (Å²) in [5.74, 6) is 0. The molecule has 0 amide bonds. The van der Waals surface area contributed by atoms with Crippen LogP contribution in [0.5, 0.6) is 0 Å². The number of halogens is 12. The van der Waals surface area contributed by atoms with Crippen LogP contribution in [0, 0.1) is 0 Å². The van der Waals surface area contributed by atoms with Gasteiger partial charge >= 0.3 is 73.1 Å². The molecule has 0 heterocycles. The summed E-state index contributed by atoms with van der Waals surface area (Å²) in [7, 11) is -16.3. The van der Waals surface area contributed by atoms with Gasteiger partial charge < -0.3 is 58.0 Å². The maximum Gasteiger partial charge on any atom is 1.00 e. The van der Waals surface area contributed by atoms with Gasteiger partial charge in [0.1, 0.15) is 0 Å². The van der Waals surface area contributed by atoms with E-state index < -0.39 is 21.8 Å². The number of hydrogen-bond acceptors (Lipinski definition) is 1. The molecule has 0 unspecified atom stereocenters. The first kappa shape index (κ1) is 32.8. The van der Waals surface area contributed by atoms with Gasteiger partial charge in [-0.25, -0.2) is 0 Å². The van der Waals surface area contributed by atoms with Gasteiger partial charge in [-0.05, 0) is 6.92 Å². The van der Waals surface area contributed by atoms with E-state index in [1.54, 1.807) is 7.11 Å². The number of rotatable bonds is 1. The van der Waals surface area contributed by atoms with Gasteiger partial charge in [-0.3, -0.25) is 0 Å². The topological polar surface area (TPSA) is 9.23 Å². The summed E-state index contributed by atoms with van der Waals surface area (Å²) in [5.41, 5.74) is 0. The van der Waals surface area contributed by atoms with Crippen LogP contribution in [0.4, 0.5) is 51.8 Å². The second kappa shape index (κ2) is 16.3. The van der Waals surface area contributed by atoms with Crippen LogP contribution in [0.25, 0.3) is 0 Å². The molecule has 0 saturated carbocycles. The third-order valence-electron chi connectivity index (χ3n) is 0.289. The Kier molecular flexibility index (Phi) is 26.8. The molecule has 0 spiro atoms. The van der Waals surface area contributed by atoms with Crippen molar-refractivity contribution in [2.24, 2.45) is 0 Å². The van der Waals surface area contributed by atoms with Gasteiger partial charge in [0.15, 0.2) is 0 Å². The monoisotopic (exact) mass is 361 g/mol. The molecule has 0 aromatic carbocycles. The van der Waals surface area contributed by atoms with E-state index >= 15 is 0 Å². The van der Waals surface area contributed by atoms with Gasteiger partial charge in [-0.15, -0.1) is 0 Å². The Morgan fingerprint density at radius 3 is 0.700 bits per heavy atom. The Bertz CT molecular complexity index is 136. The summed E-state index contributed by atoms with van der Waals surface area (Å²) in [6.07, 6.45) is 0. The number of ether oxygens (including phenoxy) is 1. The Morgan fingerprint density at radius 1 is 0.650 bits per heavy atom. The Labute approximate surface area is 151 Å². The maximum atomic E-state index is 9.75. The Balaban J connectivity index is -0.0000000347. The largest absolute Gasteiger partial charge is 1.00 e. The standard InChI is InChI=1S/C3H8O.3BF4.K.H/c1-3-4-2;3*2-1(3,4)5;;/h3H2,1-2H3;;;;;/q;3*-1;+1;-1. The fourth-order valence-corrected chi connectivity index (χ4v) is 0. The van der Waals surface area contributed by atoms with E-state index in [-0.39, 0.29) is 52.8 Å². The molecule has 0 rings (SSSR count). The fourth-order valence-electron chi connectivity index (χ4n) is 0. The average Bonchev–Trinajstić information content (AvgIpc) is 1.93. The Morgan fingerprint density at radius 2 is 0.700 bits per heavy atom. The molecule has 1 nitrogen and oxygen atoms in total. The molecule has 20 heavy (non-hydrogen) atoms. The molecule has 0 radical (unpaired) electrons. The van der Waals surface area contributed by atoms with Crippen LogP contribution >= 0.6 is 0 Å². The molecule has 0 aromatic rings. The summed E-state index contributed by atoms with van der Waals surface area (Å²) in [5, 5.41) is 0. The summed E-state index contributed by atoms with van der Waals surface area (Å²) in [6, 6.07) is 0. The van der Waals surface area contributed by atoms with Crippen LogP contribution in [0.1, 0.15) is 8.35 Å². The van der Waals surface area contributed by atoms with Crippen molar-refractivity contribution in [1.29, 1.82) is 0 Å². The van der Waals surface area contributed by atoms with Gasteiger partial charge in [-0.1, -0.05) is 0 Å². The van der Waals surface area contributed by atoms with E-state index in [9.17, 15) is 51.8 Å². The van der Waals surface area contributed by atoms with Gasteiger partial charge in [-0.2, -0.15) is 0 Å². The maximum absolute atomic E-state index is 9.75. The zero-order valence-electron chi connectivity index (χ0n) is 11.4. The van der Waals surface area contributed by atoms with Gasteiger partial charge in [0.2, 0.25) is 0 Å². The van der Waals surface area contributed by atoms with E-state index in [4.69, 9.17) is 0 Å². The minimum absolute atomic E-state index is 0. The SMILES string of the molecule is CCOC.F[B-](F)(F)F.F[B-](F)(F)F.F[B-](F)(F)F.[H-].[K+]. The normalized spacial score (nSPS) is 10.5. The zero-order chi connectivity index (χ0) is 16.9. The fraction of sp³-hybridized carbons (Fsp3) is 1.00. The van der Waals surface area contributed by atoms with E-state index in [0.717, 1.165) is 6.61 Å². The predicted octanol–water partition coefficient (Wildman–Crippen LogP) is 1.67. The van der Waals surface area contributed by atoms with Gasteiger partial charge in [0, 0.05) is 13.7 Å². The summed E-state index contributed by atoms with van der Waals surface area (Å²) < 4.78 is 122. The van der Waals surface area contributed by atoms with Crippen molar-refractivity contribution in [1.82, 2.24) is 0 Å². The van der Waals surface area contributed by atoms with E-state index in [0.29, 0.717) is 0 Å². The molecule has 0 aliphatic rings. The Hall–Kier alpha value is 0.951. The van der Waals surface area contributed by atoms with Crippen molar-refractivity contribution >= 4 is 21.8 Å². The van der Waals surface area contributed by atoms with Crippen molar-refractivity contribution in [2.75, 3.05) is 13.7 Å². The summed E-state index contributed by atoms with van der Waals surface area (Å²) >= 11 is 0. The van der Waals surface area contributed by atoms with Crippen LogP contribution in [-0.4, -0.2) is 35.5 Å². The van der Waals surface area contributed by atoms with E-state index in [1.165, 1.54) is 0 Å². The van der Waals surface area contributed by atoms with Crippen LogP contribution < -0.4 is 51.4 Å². The molecule has 0 aliphatic carbocycles. The first-order valence-electron chi connectivity index (χ1n) is 4.02. The quantitative estimate of drug-likeness (QED) is 0.511. The van der Waals surface area contributed by atoms with Crippen LogP contribution in [0.3, 0.4) is 0 Å². The van der Waals surface area contributed by atoms with E-state index in [2.05, 4.69) is 4.74 Å². The molecule has 0 bridgehead atoms.